The van der Waals surface area contributed by atoms with Crippen molar-refractivity contribution in [3.63, 3.8) is 0 Å². The Morgan fingerprint density at radius 3 is 2.21 bits per heavy atom. The van der Waals surface area contributed by atoms with Gasteiger partial charge in [-0.1, -0.05) is 29.8 Å². The molecule has 0 spiro atoms. The molecule has 0 heterocycles. The van der Waals surface area contributed by atoms with Crippen LogP contribution in [0.15, 0.2) is 42.5 Å². The van der Waals surface area contributed by atoms with E-state index in [0.29, 0.717) is 17.7 Å². The van der Waals surface area contributed by atoms with Crippen LogP contribution in [0, 0.1) is 13.8 Å². The molecular weight excluding hydrogens is 352 g/mol. The standard InChI is InChI=1S/C23H28N2O3/c1-15(2)24-23(28)14-18-7-9-19(10-8-18)25-22(27)12-11-21(26)20-13-16(3)5-6-17(20)4/h5-10,13,15H,11-12,14H2,1-4H3,(H,24,28)(H,25,27). The van der Waals surface area contributed by atoms with Crippen LogP contribution in [0.1, 0.15) is 53.7 Å². The number of Topliss-reactive ketones (excluding diaryl/α,β-unsaturated/α-hetero) is 1. The normalized spacial score (nSPS) is 10.6. The molecule has 0 unspecified atom stereocenters. The van der Waals surface area contributed by atoms with Gasteiger partial charge in [-0.15, -0.1) is 0 Å². The van der Waals surface area contributed by atoms with Crippen LogP contribution in [0.2, 0.25) is 0 Å². The lowest BCUT2D eigenvalue weighted by atomic mass is 9.99. The fraction of sp³-hybridized carbons (Fsp3) is 0.348. The molecule has 0 bridgehead atoms. The van der Waals surface area contributed by atoms with Gasteiger partial charge < -0.3 is 10.6 Å². The second-order valence-electron chi connectivity index (χ2n) is 7.39. The number of amides is 2. The Labute approximate surface area is 166 Å². The van der Waals surface area contributed by atoms with Crippen LogP contribution in [0.5, 0.6) is 0 Å². The summed E-state index contributed by atoms with van der Waals surface area (Å²) < 4.78 is 0. The van der Waals surface area contributed by atoms with Gasteiger partial charge in [0.15, 0.2) is 5.78 Å². The van der Waals surface area contributed by atoms with Crippen molar-refractivity contribution < 1.29 is 14.4 Å². The number of benzene rings is 2. The summed E-state index contributed by atoms with van der Waals surface area (Å²) in [7, 11) is 0. The molecule has 2 aromatic rings. The maximum atomic E-state index is 12.4. The fourth-order valence-electron chi connectivity index (χ4n) is 2.89. The summed E-state index contributed by atoms with van der Waals surface area (Å²) in [6, 6.07) is 13.0. The molecular formula is C23H28N2O3. The van der Waals surface area contributed by atoms with Gasteiger partial charge in [0.2, 0.25) is 11.8 Å². The average molecular weight is 380 g/mol. The van der Waals surface area contributed by atoms with E-state index < -0.39 is 0 Å². The molecule has 2 rings (SSSR count). The van der Waals surface area contributed by atoms with Crippen LogP contribution < -0.4 is 10.6 Å². The van der Waals surface area contributed by atoms with E-state index in [1.54, 1.807) is 12.1 Å². The molecule has 2 N–H and O–H groups in total. The third-order valence-corrected chi connectivity index (χ3v) is 4.32. The number of rotatable bonds is 8. The highest BCUT2D eigenvalue weighted by Gasteiger charge is 2.12. The molecule has 0 fully saturated rings. The highest BCUT2D eigenvalue weighted by molar-refractivity contribution is 6.01. The van der Waals surface area contributed by atoms with Gasteiger partial charge in [-0.2, -0.15) is 0 Å². The molecule has 148 valence electrons. The van der Waals surface area contributed by atoms with Gasteiger partial charge in [0, 0.05) is 30.1 Å². The van der Waals surface area contributed by atoms with Gasteiger partial charge in [-0.05, 0) is 57.0 Å². The summed E-state index contributed by atoms with van der Waals surface area (Å²) in [5.74, 6) is -0.261. The van der Waals surface area contributed by atoms with Crippen LogP contribution >= 0.6 is 0 Å². The van der Waals surface area contributed by atoms with Crippen molar-refractivity contribution in [3.8, 4) is 0 Å². The zero-order valence-electron chi connectivity index (χ0n) is 17.0. The van der Waals surface area contributed by atoms with Crippen LogP contribution in [0.3, 0.4) is 0 Å². The van der Waals surface area contributed by atoms with Crippen LogP contribution in [-0.4, -0.2) is 23.6 Å². The number of ketones is 1. The minimum atomic E-state index is -0.205. The van der Waals surface area contributed by atoms with Gasteiger partial charge in [-0.3, -0.25) is 14.4 Å². The predicted octanol–water partition coefficient (Wildman–Crippen LogP) is 3.97. The summed E-state index contributed by atoms with van der Waals surface area (Å²) in [4.78, 5) is 36.3. The number of aryl methyl sites for hydroxylation is 2. The van der Waals surface area contributed by atoms with E-state index in [9.17, 15) is 14.4 Å². The summed E-state index contributed by atoms with van der Waals surface area (Å²) >= 11 is 0. The highest BCUT2D eigenvalue weighted by atomic mass is 16.2. The molecule has 2 aromatic carbocycles. The molecule has 0 aromatic heterocycles. The third kappa shape index (κ3) is 6.65. The van der Waals surface area contributed by atoms with Gasteiger partial charge in [-0.25, -0.2) is 0 Å². The van der Waals surface area contributed by atoms with Crippen molar-refractivity contribution in [1.29, 1.82) is 0 Å². The molecule has 0 aliphatic heterocycles. The SMILES string of the molecule is Cc1ccc(C)c(C(=O)CCC(=O)Nc2ccc(CC(=O)NC(C)C)cc2)c1. The summed E-state index contributed by atoms with van der Waals surface area (Å²) in [5.41, 5.74) is 4.16. The van der Waals surface area contributed by atoms with Crippen LogP contribution in [0.25, 0.3) is 0 Å². The topological polar surface area (TPSA) is 75.3 Å². The van der Waals surface area contributed by atoms with E-state index >= 15 is 0 Å². The minimum absolute atomic E-state index is 0.0251. The van der Waals surface area contributed by atoms with Crippen molar-refractivity contribution in [3.05, 3.63) is 64.7 Å². The van der Waals surface area contributed by atoms with Crippen molar-refractivity contribution in [2.45, 2.75) is 53.0 Å². The summed E-state index contributed by atoms with van der Waals surface area (Å²) in [6.45, 7) is 7.68. The van der Waals surface area contributed by atoms with E-state index in [-0.39, 0.29) is 36.5 Å². The predicted molar refractivity (Wildman–Crippen MR) is 112 cm³/mol. The Hall–Kier alpha value is -2.95. The molecule has 28 heavy (non-hydrogen) atoms. The minimum Gasteiger partial charge on any atom is -0.354 e. The van der Waals surface area contributed by atoms with Crippen molar-refractivity contribution in [1.82, 2.24) is 5.32 Å². The fourth-order valence-corrected chi connectivity index (χ4v) is 2.89. The molecule has 0 aliphatic carbocycles. The summed E-state index contributed by atoms with van der Waals surface area (Å²) in [6.07, 6.45) is 0.602. The Balaban J connectivity index is 1.85. The molecule has 0 radical (unpaired) electrons. The Morgan fingerprint density at radius 2 is 1.57 bits per heavy atom. The largest absolute Gasteiger partial charge is 0.354 e. The van der Waals surface area contributed by atoms with Gasteiger partial charge in [0.25, 0.3) is 0 Å². The molecule has 5 nitrogen and oxygen atoms in total. The van der Waals surface area contributed by atoms with Crippen molar-refractivity contribution >= 4 is 23.3 Å². The number of carbonyl (C=O) groups is 3. The van der Waals surface area contributed by atoms with Crippen LogP contribution in [0.4, 0.5) is 5.69 Å². The van der Waals surface area contributed by atoms with E-state index in [1.165, 1.54) is 0 Å². The maximum absolute atomic E-state index is 12.4. The molecule has 0 saturated heterocycles. The first-order valence-corrected chi connectivity index (χ1v) is 9.53. The van der Waals surface area contributed by atoms with Crippen molar-refractivity contribution in [2.24, 2.45) is 0 Å². The average Bonchev–Trinajstić information content (AvgIpc) is 2.62. The van der Waals surface area contributed by atoms with Crippen LogP contribution in [-0.2, 0) is 16.0 Å². The van der Waals surface area contributed by atoms with E-state index in [2.05, 4.69) is 10.6 Å². The smallest absolute Gasteiger partial charge is 0.224 e. The van der Waals surface area contributed by atoms with Gasteiger partial charge in [0.05, 0.1) is 6.42 Å². The maximum Gasteiger partial charge on any atom is 0.224 e. The molecule has 0 aliphatic rings. The van der Waals surface area contributed by atoms with E-state index in [4.69, 9.17) is 0 Å². The first-order chi connectivity index (χ1) is 13.2. The number of nitrogens with one attached hydrogen (secondary N) is 2. The van der Waals surface area contributed by atoms with Gasteiger partial charge in [0.1, 0.15) is 0 Å². The zero-order chi connectivity index (χ0) is 20.7. The third-order valence-electron chi connectivity index (χ3n) is 4.32. The second-order valence-corrected chi connectivity index (χ2v) is 7.39. The lowest BCUT2D eigenvalue weighted by molar-refractivity contribution is -0.121. The van der Waals surface area contributed by atoms with E-state index in [0.717, 1.165) is 16.7 Å². The molecule has 0 atom stereocenters. The number of anilines is 1. The first-order valence-electron chi connectivity index (χ1n) is 9.53. The zero-order valence-corrected chi connectivity index (χ0v) is 17.0. The quantitative estimate of drug-likeness (QED) is 0.681. The Kier molecular flexibility index (Phi) is 7.50. The van der Waals surface area contributed by atoms with Gasteiger partial charge >= 0.3 is 0 Å². The number of hydrogen-bond donors (Lipinski definition) is 2. The Morgan fingerprint density at radius 1 is 0.893 bits per heavy atom. The lowest BCUT2D eigenvalue weighted by Gasteiger charge is -2.09. The second kappa shape index (κ2) is 9.83. The van der Waals surface area contributed by atoms with E-state index in [1.807, 2.05) is 58.0 Å². The van der Waals surface area contributed by atoms with Crippen molar-refractivity contribution in [2.75, 3.05) is 5.32 Å². The highest BCUT2D eigenvalue weighted by Crippen LogP contribution is 2.15. The summed E-state index contributed by atoms with van der Waals surface area (Å²) in [5, 5.41) is 5.64. The first kappa shape index (κ1) is 21.4. The monoisotopic (exact) mass is 380 g/mol. The Bertz CT molecular complexity index is 855. The lowest BCUT2D eigenvalue weighted by Crippen LogP contribution is -2.31. The number of carbonyl (C=O) groups excluding carboxylic acids is 3. The number of hydrogen-bond acceptors (Lipinski definition) is 3. The molecule has 2 amide bonds. The molecule has 5 heteroatoms. The molecule has 0 saturated carbocycles.